The van der Waals surface area contributed by atoms with Gasteiger partial charge in [0.05, 0.1) is 18.2 Å². The lowest BCUT2D eigenvalue weighted by Crippen LogP contribution is -2.48. The van der Waals surface area contributed by atoms with Gasteiger partial charge in [-0.3, -0.25) is 9.59 Å². The number of nitrogens with zero attached hydrogens (tertiary/aromatic N) is 1. The summed E-state index contributed by atoms with van der Waals surface area (Å²) in [6.45, 7) is 18.4. The second-order valence-corrected chi connectivity index (χ2v) is 18.0. The lowest BCUT2D eigenvalue weighted by molar-refractivity contribution is 0.00690. The number of carbonyl (C=O) groups is 2. The van der Waals surface area contributed by atoms with Crippen LogP contribution in [0.1, 0.15) is 76.1 Å². The molecule has 0 bridgehead atoms. The molecule has 3 rings (SSSR count). The molecule has 1 aromatic heterocycles. The third-order valence-corrected chi connectivity index (χ3v) is 12.1. The highest BCUT2D eigenvalue weighted by atomic mass is 28.4. The molecule has 0 aliphatic carbocycles. The average Bonchev–Trinajstić information content (AvgIpc) is 2.85. The highest BCUT2D eigenvalue weighted by Crippen LogP contribution is 2.41. The summed E-state index contributed by atoms with van der Waals surface area (Å²) >= 11 is 0. The molecule has 0 saturated carbocycles. The largest absolute Gasteiger partial charge is 0.506 e. The molecule has 0 unspecified atom stereocenters. The Morgan fingerprint density at radius 3 is 2.37 bits per heavy atom. The lowest BCUT2D eigenvalue weighted by Gasteiger charge is -2.42. The van der Waals surface area contributed by atoms with Crippen LogP contribution in [0.3, 0.4) is 0 Å². The van der Waals surface area contributed by atoms with Gasteiger partial charge in [-0.25, -0.2) is 4.79 Å². The minimum Gasteiger partial charge on any atom is -0.506 e. The number of rotatable bonds is 9. The van der Waals surface area contributed by atoms with Gasteiger partial charge >= 0.3 is 6.09 Å². The fourth-order valence-electron chi connectivity index (χ4n) is 4.45. The van der Waals surface area contributed by atoms with E-state index in [2.05, 4.69) is 38.8 Å². The van der Waals surface area contributed by atoms with Crippen LogP contribution < -0.4 is 5.56 Å². The van der Waals surface area contributed by atoms with Crippen LogP contribution in [0.2, 0.25) is 18.1 Å². The Bertz CT molecular complexity index is 1450. The Balaban J connectivity index is 2.13. The lowest BCUT2D eigenvalue weighted by atomic mass is 10.0. The van der Waals surface area contributed by atoms with Crippen molar-refractivity contribution in [1.82, 2.24) is 9.88 Å². The number of nitrogens with one attached hydrogen (secondary N) is 1. The van der Waals surface area contributed by atoms with E-state index in [-0.39, 0.29) is 28.9 Å². The van der Waals surface area contributed by atoms with Gasteiger partial charge < -0.3 is 24.2 Å². The number of amides is 1. The first-order valence-electron chi connectivity index (χ1n) is 14.0. The molecule has 222 valence electrons. The Labute approximate surface area is 243 Å². The molecule has 2 aromatic carbocycles. The predicted octanol–water partition coefficient (Wildman–Crippen LogP) is 6.98. The van der Waals surface area contributed by atoms with E-state index < -0.39 is 26.1 Å². The van der Waals surface area contributed by atoms with E-state index in [1.165, 1.54) is 6.07 Å². The molecule has 0 aliphatic heterocycles. The first-order chi connectivity index (χ1) is 18.9. The van der Waals surface area contributed by atoms with Crippen LogP contribution in [0.5, 0.6) is 5.75 Å². The number of hydrogen-bond donors (Lipinski definition) is 2. The molecule has 41 heavy (non-hydrogen) atoms. The predicted molar refractivity (Wildman–Crippen MR) is 165 cm³/mol. The van der Waals surface area contributed by atoms with Crippen LogP contribution in [0, 0.1) is 0 Å². The van der Waals surface area contributed by atoms with E-state index >= 15 is 0 Å². The van der Waals surface area contributed by atoms with Crippen LogP contribution >= 0.6 is 0 Å². The summed E-state index contributed by atoms with van der Waals surface area (Å²) in [4.78, 5) is 41.6. The number of benzene rings is 2. The molecule has 8 nitrogen and oxygen atoms in total. The zero-order valence-electron chi connectivity index (χ0n) is 25.7. The van der Waals surface area contributed by atoms with Gasteiger partial charge in [0.25, 0.3) is 0 Å². The monoisotopic (exact) mass is 580 g/mol. The van der Waals surface area contributed by atoms with Crippen LogP contribution in [-0.4, -0.2) is 53.9 Å². The minimum absolute atomic E-state index is 0.0417. The summed E-state index contributed by atoms with van der Waals surface area (Å²) in [6.07, 6.45) is 0.249. The van der Waals surface area contributed by atoms with Crippen molar-refractivity contribution in [3.05, 3.63) is 75.6 Å². The van der Waals surface area contributed by atoms with E-state index in [0.717, 1.165) is 17.4 Å². The molecule has 3 aromatic rings. The zero-order chi connectivity index (χ0) is 30.8. The molecule has 1 heterocycles. The average molecular weight is 581 g/mol. The van der Waals surface area contributed by atoms with Crippen LogP contribution in [0.15, 0.2) is 53.3 Å². The second kappa shape index (κ2) is 12.2. The summed E-state index contributed by atoms with van der Waals surface area (Å²) in [5.41, 5.74) is 1.53. The Morgan fingerprint density at radius 2 is 1.76 bits per heavy atom. The molecule has 2 N–H and O–H groups in total. The third kappa shape index (κ3) is 8.07. The maximum absolute atomic E-state index is 13.7. The van der Waals surface area contributed by atoms with Gasteiger partial charge in [0.15, 0.2) is 8.32 Å². The summed E-state index contributed by atoms with van der Waals surface area (Å²) in [5, 5.41) is 11.1. The molecular weight excluding hydrogens is 536 g/mol. The number of hydrogen-bond acceptors (Lipinski definition) is 6. The number of carbonyl (C=O) groups excluding carboxylic acids is 2. The van der Waals surface area contributed by atoms with Gasteiger partial charge in [-0.2, -0.15) is 0 Å². The van der Waals surface area contributed by atoms with Crippen molar-refractivity contribution in [2.24, 2.45) is 0 Å². The second-order valence-electron chi connectivity index (χ2n) is 13.2. The SMILES string of the molecule is C[C@H](Cc1cccc(C=O)c1)N(C[C@H](O[Si](C)(C)C(C)(C)C)c1ccc(O)c2[nH]c(=O)ccc12)C(=O)OC(C)(C)C. The topological polar surface area (TPSA) is 109 Å². The van der Waals surface area contributed by atoms with Gasteiger partial charge in [-0.05, 0) is 81.6 Å². The van der Waals surface area contributed by atoms with Gasteiger partial charge in [0, 0.05) is 23.1 Å². The number of phenols is 1. The number of H-pyrrole nitrogens is 1. The maximum atomic E-state index is 13.7. The molecule has 2 atom stereocenters. The molecule has 0 aliphatic rings. The number of aromatic nitrogens is 1. The van der Waals surface area contributed by atoms with Crippen LogP contribution in [0.25, 0.3) is 10.9 Å². The Hall–Kier alpha value is -3.43. The van der Waals surface area contributed by atoms with Crippen molar-refractivity contribution < 1.29 is 23.9 Å². The first-order valence-corrected chi connectivity index (χ1v) is 16.9. The van der Waals surface area contributed by atoms with E-state index in [9.17, 15) is 19.5 Å². The Morgan fingerprint density at radius 1 is 1.07 bits per heavy atom. The van der Waals surface area contributed by atoms with E-state index in [4.69, 9.17) is 9.16 Å². The Kier molecular flexibility index (Phi) is 9.55. The highest BCUT2D eigenvalue weighted by molar-refractivity contribution is 6.74. The molecule has 0 radical (unpaired) electrons. The van der Waals surface area contributed by atoms with Crippen LogP contribution in [-0.2, 0) is 15.6 Å². The number of fused-ring (bicyclic) bond motifs is 1. The van der Waals surface area contributed by atoms with Gasteiger partial charge in [0.2, 0.25) is 5.56 Å². The van der Waals surface area contributed by atoms with Gasteiger partial charge in [-0.15, -0.1) is 0 Å². The first kappa shape index (κ1) is 32.1. The molecule has 0 spiro atoms. The summed E-state index contributed by atoms with van der Waals surface area (Å²) in [5.74, 6) is -0.0417. The third-order valence-electron chi connectivity index (χ3n) is 7.64. The number of aromatic amines is 1. The number of ether oxygens (including phenoxy) is 1. The normalized spacial score (nSPS) is 14.0. The van der Waals surface area contributed by atoms with Crippen molar-refractivity contribution >= 4 is 31.6 Å². The summed E-state index contributed by atoms with van der Waals surface area (Å²) in [7, 11) is -2.38. The number of aldehydes is 1. The molecule has 0 saturated heterocycles. The van der Waals surface area contributed by atoms with Crippen molar-refractivity contribution in [3.63, 3.8) is 0 Å². The van der Waals surface area contributed by atoms with Crippen molar-refractivity contribution in [2.45, 2.75) is 90.8 Å². The molecule has 0 fully saturated rings. The minimum atomic E-state index is -2.38. The fraction of sp³-hybridized carbons (Fsp3) is 0.469. The summed E-state index contributed by atoms with van der Waals surface area (Å²) < 4.78 is 12.8. The van der Waals surface area contributed by atoms with E-state index in [0.29, 0.717) is 22.9 Å². The number of aromatic hydroxyl groups is 1. The molecule has 9 heteroatoms. The number of pyridine rings is 1. The van der Waals surface area contributed by atoms with E-state index in [1.54, 1.807) is 29.2 Å². The maximum Gasteiger partial charge on any atom is 0.410 e. The van der Waals surface area contributed by atoms with Crippen molar-refractivity contribution in [3.8, 4) is 5.75 Å². The smallest absolute Gasteiger partial charge is 0.410 e. The standard InChI is InChI=1S/C32H44N2O6Si/c1-21(17-22-11-10-12-23(18-22)20-35)34(30(38)39-31(2,3)4)19-27(40-41(8,9)32(5,6)7)24-13-15-26(36)29-25(24)14-16-28(37)33-29/h10-16,18,20-21,27,36H,17,19H2,1-9H3,(H,33,37)/t21-,27+/m1/s1. The van der Waals surface area contributed by atoms with Gasteiger partial charge in [0.1, 0.15) is 17.6 Å². The summed E-state index contributed by atoms with van der Waals surface area (Å²) in [6, 6.07) is 13.5. The molecule has 1 amide bonds. The fourth-order valence-corrected chi connectivity index (χ4v) is 5.72. The quantitative estimate of drug-likeness (QED) is 0.209. The van der Waals surface area contributed by atoms with Crippen molar-refractivity contribution in [2.75, 3.05) is 6.54 Å². The molecular formula is C32H44N2O6Si. The van der Waals surface area contributed by atoms with Gasteiger partial charge in [-0.1, -0.05) is 45.0 Å². The number of phenolic OH excluding ortho intramolecular Hbond substituents is 1. The van der Waals surface area contributed by atoms with E-state index in [1.807, 2.05) is 45.9 Å². The van der Waals surface area contributed by atoms with Crippen molar-refractivity contribution in [1.29, 1.82) is 0 Å². The highest BCUT2D eigenvalue weighted by Gasteiger charge is 2.41. The zero-order valence-corrected chi connectivity index (χ0v) is 26.7. The van der Waals surface area contributed by atoms with Crippen LogP contribution in [0.4, 0.5) is 4.79 Å².